The van der Waals surface area contributed by atoms with Crippen LogP contribution in [0.4, 0.5) is 5.69 Å². The number of thiophene rings is 1. The first-order chi connectivity index (χ1) is 8.76. The molecule has 1 aromatic carbocycles. The smallest absolute Gasteiger partial charge is 0.228 e. The zero-order valence-electron chi connectivity index (χ0n) is 10.7. The monoisotopic (exact) mass is 262 g/mol. The molecule has 2 N–H and O–H groups in total. The Morgan fingerprint density at radius 1 is 1.39 bits per heavy atom. The van der Waals surface area contributed by atoms with Gasteiger partial charge in [-0.2, -0.15) is 0 Å². The van der Waals surface area contributed by atoms with Crippen LogP contribution in [0.25, 0.3) is 10.1 Å². The number of fused-ring (bicyclic) bond motifs is 1. The number of rotatable bonds is 5. The van der Waals surface area contributed by atoms with Gasteiger partial charge in [-0.1, -0.05) is 25.1 Å². The molecule has 0 spiro atoms. The number of amides is 1. The van der Waals surface area contributed by atoms with E-state index in [9.17, 15) is 4.79 Å². The number of hydrogen-bond donors (Lipinski definition) is 2. The van der Waals surface area contributed by atoms with Gasteiger partial charge in [-0.3, -0.25) is 4.79 Å². The van der Waals surface area contributed by atoms with E-state index in [1.807, 2.05) is 37.6 Å². The molecule has 1 aromatic heterocycles. The summed E-state index contributed by atoms with van der Waals surface area (Å²) in [5, 5.41) is 9.22. The second-order valence-electron chi connectivity index (χ2n) is 4.30. The van der Waals surface area contributed by atoms with Crippen LogP contribution in [-0.4, -0.2) is 19.5 Å². The zero-order chi connectivity index (χ0) is 13.0. The Hall–Kier alpha value is -1.39. The van der Waals surface area contributed by atoms with Crippen molar-refractivity contribution < 1.29 is 4.79 Å². The van der Waals surface area contributed by atoms with Crippen LogP contribution in [0, 0.1) is 5.92 Å². The van der Waals surface area contributed by atoms with E-state index in [0.29, 0.717) is 6.54 Å². The van der Waals surface area contributed by atoms with Gasteiger partial charge < -0.3 is 10.6 Å². The first kappa shape index (κ1) is 13.1. The third kappa shape index (κ3) is 2.71. The van der Waals surface area contributed by atoms with E-state index in [1.54, 1.807) is 11.3 Å². The molecule has 0 aliphatic heterocycles. The molecule has 3 nitrogen and oxygen atoms in total. The number of hydrogen-bond acceptors (Lipinski definition) is 3. The van der Waals surface area contributed by atoms with Gasteiger partial charge in [-0.15, -0.1) is 11.3 Å². The average Bonchev–Trinajstić information content (AvgIpc) is 2.79. The maximum Gasteiger partial charge on any atom is 0.228 e. The highest BCUT2D eigenvalue weighted by Crippen LogP contribution is 2.30. The molecular formula is C14H18N2OS. The lowest BCUT2D eigenvalue weighted by Gasteiger charge is -2.13. The molecule has 0 bridgehead atoms. The Morgan fingerprint density at radius 3 is 2.89 bits per heavy atom. The second-order valence-corrected chi connectivity index (χ2v) is 5.21. The summed E-state index contributed by atoms with van der Waals surface area (Å²) < 4.78 is 1.20. The molecule has 0 aliphatic rings. The van der Waals surface area contributed by atoms with Gasteiger partial charge in [-0.05, 0) is 19.5 Å². The van der Waals surface area contributed by atoms with Crippen molar-refractivity contribution in [2.24, 2.45) is 5.92 Å². The Bertz CT molecular complexity index is 535. The van der Waals surface area contributed by atoms with E-state index in [4.69, 9.17) is 0 Å². The standard InChI is InChI=1S/C14H18N2OS/c1-3-10(8-15-2)14(17)16-12-9-18-13-7-5-4-6-11(12)13/h4-7,9-10,15H,3,8H2,1-2H3,(H,16,17). The lowest BCUT2D eigenvalue weighted by Crippen LogP contribution is -2.30. The predicted molar refractivity (Wildman–Crippen MR) is 78.2 cm³/mol. The fourth-order valence-corrected chi connectivity index (χ4v) is 2.87. The number of carbonyl (C=O) groups excluding carboxylic acids is 1. The zero-order valence-corrected chi connectivity index (χ0v) is 11.5. The van der Waals surface area contributed by atoms with Crippen LogP contribution in [0.5, 0.6) is 0 Å². The minimum atomic E-state index is 0.0219. The first-order valence-corrected chi connectivity index (χ1v) is 7.06. The lowest BCUT2D eigenvalue weighted by molar-refractivity contribution is -0.119. The minimum Gasteiger partial charge on any atom is -0.325 e. The molecule has 0 saturated carbocycles. The SMILES string of the molecule is CCC(CNC)C(=O)Nc1csc2ccccc12. The molecule has 1 unspecified atom stereocenters. The molecule has 1 heterocycles. The molecule has 18 heavy (non-hydrogen) atoms. The summed E-state index contributed by atoms with van der Waals surface area (Å²) in [6, 6.07) is 8.12. The average molecular weight is 262 g/mol. The van der Waals surface area contributed by atoms with E-state index >= 15 is 0 Å². The molecular weight excluding hydrogens is 244 g/mol. The van der Waals surface area contributed by atoms with Gasteiger partial charge in [0.25, 0.3) is 0 Å². The topological polar surface area (TPSA) is 41.1 Å². The summed E-state index contributed by atoms with van der Waals surface area (Å²) in [5.74, 6) is 0.115. The van der Waals surface area contributed by atoms with Gasteiger partial charge in [0.05, 0.1) is 11.6 Å². The molecule has 1 amide bonds. The van der Waals surface area contributed by atoms with Crippen molar-refractivity contribution in [1.29, 1.82) is 0 Å². The Balaban J connectivity index is 2.16. The normalized spacial score (nSPS) is 12.6. The molecule has 2 rings (SSSR count). The predicted octanol–water partition coefficient (Wildman–Crippen LogP) is 3.09. The highest BCUT2D eigenvalue weighted by molar-refractivity contribution is 7.17. The first-order valence-electron chi connectivity index (χ1n) is 6.18. The molecule has 1 atom stereocenters. The Labute approximate surface area is 111 Å². The molecule has 0 aliphatic carbocycles. The van der Waals surface area contributed by atoms with Gasteiger partial charge >= 0.3 is 0 Å². The van der Waals surface area contributed by atoms with E-state index in [0.717, 1.165) is 17.5 Å². The quantitative estimate of drug-likeness (QED) is 0.869. The highest BCUT2D eigenvalue weighted by atomic mass is 32.1. The van der Waals surface area contributed by atoms with Crippen molar-refractivity contribution in [3.05, 3.63) is 29.6 Å². The Morgan fingerprint density at radius 2 is 2.17 bits per heavy atom. The maximum atomic E-state index is 12.1. The van der Waals surface area contributed by atoms with Crippen LogP contribution in [0.3, 0.4) is 0 Å². The number of anilines is 1. The van der Waals surface area contributed by atoms with Crippen LogP contribution < -0.4 is 10.6 Å². The summed E-state index contributed by atoms with van der Waals surface area (Å²) in [6.07, 6.45) is 0.842. The minimum absolute atomic E-state index is 0.0219. The van der Waals surface area contributed by atoms with Crippen LogP contribution >= 0.6 is 11.3 Å². The van der Waals surface area contributed by atoms with Gasteiger partial charge in [0.2, 0.25) is 5.91 Å². The van der Waals surface area contributed by atoms with E-state index in [2.05, 4.69) is 16.7 Å². The van der Waals surface area contributed by atoms with E-state index in [1.165, 1.54) is 4.70 Å². The van der Waals surface area contributed by atoms with Crippen LogP contribution in [-0.2, 0) is 4.79 Å². The van der Waals surface area contributed by atoms with Crippen molar-refractivity contribution in [3.8, 4) is 0 Å². The lowest BCUT2D eigenvalue weighted by atomic mass is 10.1. The van der Waals surface area contributed by atoms with Gasteiger partial charge in [0.1, 0.15) is 0 Å². The van der Waals surface area contributed by atoms with Gasteiger partial charge in [-0.25, -0.2) is 0 Å². The summed E-state index contributed by atoms with van der Waals surface area (Å²) >= 11 is 1.66. The fourth-order valence-electron chi connectivity index (χ4n) is 1.98. The number of benzene rings is 1. The van der Waals surface area contributed by atoms with Crippen LogP contribution in [0.15, 0.2) is 29.6 Å². The molecule has 96 valence electrons. The van der Waals surface area contributed by atoms with Crippen LogP contribution in [0.1, 0.15) is 13.3 Å². The van der Waals surface area contributed by atoms with Crippen molar-refractivity contribution in [3.63, 3.8) is 0 Å². The third-order valence-electron chi connectivity index (χ3n) is 3.05. The summed E-state index contributed by atoms with van der Waals surface area (Å²) in [5.41, 5.74) is 0.926. The summed E-state index contributed by atoms with van der Waals surface area (Å²) in [6.45, 7) is 2.75. The molecule has 4 heteroatoms. The number of nitrogens with one attached hydrogen (secondary N) is 2. The van der Waals surface area contributed by atoms with Gasteiger partial charge in [0, 0.05) is 22.0 Å². The van der Waals surface area contributed by atoms with Crippen LogP contribution in [0.2, 0.25) is 0 Å². The Kier molecular flexibility index (Phi) is 4.33. The fraction of sp³-hybridized carbons (Fsp3) is 0.357. The maximum absolute atomic E-state index is 12.1. The van der Waals surface area contributed by atoms with Crippen molar-refractivity contribution >= 4 is 33.0 Å². The van der Waals surface area contributed by atoms with Crippen molar-refractivity contribution in [2.75, 3.05) is 18.9 Å². The van der Waals surface area contributed by atoms with Crippen molar-refractivity contribution in [2.45, 2.75) is 13.3 Å². The van der Waals surface area contributed by atoms with Gasteiger partial charge in [0.15, 0.2) is 0 Å². The second kappa shape index (κ2) is 5.98. The largest absolute Gasteiger partial charge is 0.325 e. The molecule has 0 radical (unpaired) electrons. The molecule has 0 fully saturated rings. The van der Waals surface area contributed by atoms with E-state index in [-0.39, 0.29) is 11.8 Å². The summed E-state index contributed by atoms with van der Waals surface area (Å²) in [7, 11) is 1.87. The number of carbonyl (C=O) groups is 1. The van der Waals surface area contributed by atoms with E-state index < -0.39 is 0 Å². The summed E-state index contributed by atoms with van der Waals surface area (Å²) in [4.78, 5) is 12.1. The van der Waals surface area contributed by atoms with Crippen molar-refractivity contribution in [1.82, 2.24) is 5.32 Å². The highest BCUT2D eigenvalue weighted by Gasteiger charge is 2.16. The third-order valence-corrected chi connectivity index (χ3v) is 4.02. The molecule has 2 aromatic rings. The molecule has 0 saturated heterocycles.